The van der Waals surface area contributed by atoms with Gasteiger partial charge in [0.2, 0.25) is 10.0 Å². The van der Waals surface area contributed by atoms with Gasteiger partial charge in [0.15, 0.2) is 0 Å². The molecule has 0 unspecified atom stereocenters. The third-order valence-corrected chi connectivity index (χ3v) is 5.82. The molecular weight excluding hydrogens is 338 g/mol. The van der Waals surface area contributed by atoms with Crippen LogP contribution in [-0.4, -0.2) is 13.7 Å². The van der Waals surface area contributed by atoms with E-state index in [1.54, 1.807) is 30.3 Å². The monoisotopic (exact) mass is 353 g/mol. The zero-order valence-corrected chi connectivity index (χ0v) is 13.5. The zero-order chi connectivity index (χ0) is 14.6. The fourth-order valence-corrected chi connectivity index (χ4v) is 3.99. The third-order valence-electron chi connectivity index (χ3n) is 3.09. The van der Waals surface area contributed by atoms with Crippen molar-refractivity contribution >= 4 is 26.0 Å². The maximum Gasteiger partial charge on any atom is 0.241 e. The molecule has 0 aromatic heterocycles. The van der Waals surface area contributed by atoms with Gasteiger partial charge in [-0.2, -0.15) is 0 Å². The molecule has 3 nitrogen and oxygen atoms in total. The first-order valence-electron chi connectivity index (χ1n) is 6.18. The van der Waals surface area contributed by atoms with Gasteiger partial charge >= 0.3 is 0 Å². The summed E-state index contributed by atoms with van der Waals surface area (Å²) in [6, 6.07) is 17.9. The highest BCUT2D eigenvalue weighted by Gasteiger charge is 2.31. The van der Waals surface area contributed by atoms with E-state index in [0.29, 0.717) is 5.33 Å². The van der Waals surface area contributed by atoms with E-state index in [-0.39, 0.29) is 4.90 Å². The molecule has 2 aromatic carbocycles. The molecule has 0 aliphatic rings. The van der Waals surface area contributed by atoms with Crippen LogP contribution in [0.1, 0.15) is 12.5 Å². The third kappa shape index (κ3) is 3.29. The average molecular weight is 354 g/mol. The molecule has 2 rings (SSSR count). The van der Waals surface area contributed by atoms with E-state index in [4.69, 9.17) is 0 Å². The standard InChI is InChI=1S/C15H16BrNO2S/c1-15(12-16,13-8-4-2-5-9-13)17-20(18,19)14-10-6-3-7-11-14/h2-11,17H,12H2,1H3/t15-/m1/s1. The Morgan fingerprint density at radius 3 is 2.00 bits per heavy atom. The predicted octanol–water partition coefficient (Wildman–Crippen LogP) is 3.28. The van der Waals surface area contributed by atoms with Crippen LogP contribution in [0.4, 0.5) is 0 Å². The van der Waals surface area contributed by atoms with Crippen molar-refractivity contribution in [1.82, 2.24) is 4.72 Å². The summed E-state index contributed by atoms with van der Waals surface area (Å²) in [6.07, 6.45) is 0. The molecule has 0 bridgehead atoms. The second-order valence-corrected chi connectivity index (χ2v) is 6.99. The maximum atomic E-state index is 12.4. The number of benzene rings is 2. The Bertz CT molecular complexity index is 659. The quantitative estimate of drug-likeness (QED) is 0.838. The molecule has 106 valence electrons. The molecule has 0 saturated heterocycles. The van der Waals surface area contributed by atoms with Crippen LogP contribution in [0.2, 0.25) is 0 Å². The van der Waals surface area contributed by atoms with Crippen molar-refractivity contribution in [3.8, 4) is 0 Å². The second-order valence-electron chi connectivity index (χ2n) is 4.75. The van der Waals surface area contributed by atoms with E-state index >= 15 is 0 Å². The number of alkyl halides is 1. The van der Waals surface area contributed by atoms with Crippen LogP contribution in [0.25, 0.3) is 0 Å². The molecule has 1 atom stereocenters. The van der Waals surface area contributed by atoms with Gasteiger partial charge in [-0.05, 0) is 24.6 Å². The largest absolute Gasteiger partial charge is 0.241 e. The highest BCUT2D eigenvalue weighted by atomic mass is 79.9. The minimum atomic E-state index is -3.56. The van der Waals surface area contributed by atoms with E-state index in [0.717, 1.165) is 5.56 Å². The first kappa shape index (κ1) is 15.2. The number of hydrogen-bond acceptors (Lipinski definition) is 2. The Balaban J connectivity index is 2.36. The molecule has 0 aliphatic heterocycles. The van der Waals surface area contributed by atoms with Gasteiger partial charge in [0.05, 0.1) is 10.4 Å². The van der Waals surface area contributed by atoms with Crippen molar-refractivity contribution in [2.24, 2.45) is 0 Å². The predicted molar refractivity (Wildman–Crippen MR) is 84.4 cm³/mol. The molecule has 0 saturated carbocycles. The molecule has 20 heavy (non-hydrogen) atoms. The second kappa shape index (κ2) is 6.08. The molecule has 2 aromatic rings. The van der Waals surface area contributed by atoms with Gasteiger partial charge in [0.25, 0.3) is 0 Å². The van der Waals surface area contributed by atoms with Crippen LogP contribution in [0, 0.1) is 0 Å². The Labute approximate surface area is 128 Å². The van der Waals surface area contributed by atoms with Crippen LogP contribution in [-0.2, 0) is 15.6 Å². The van der Waals surface area contributed by atoms with Gasteiger partial charge in [0, 0.05) is 5.33 Å². The Morgan fingerprint density at radius 2 is 1.50 bits per heavy atom. The Hall–Kier alpha value is -1.17. The minimum absolute atomic E-state index is 0.267. The summed E-state index contributed by atoms with van der Waals surface area (Å²) < 4.78 is 27.7. The summed E-state index contributed by atoms with van der Waals surface area (Å²) in [5, 5.41) is 0.482. The van der Waals surface area contributed by atoms with E-state index in [9.17, 15) is 8.42 Å². The van der Waals surface area contributed by atoms with Gasteiger partial charge in [-0.3, -0.25) is 0 Å². The van der Waals surface area contributed by atoms with E-state index in [2.05, 4.69) is 20.7 Å². The van der Waals surface area contributed by atoms with E-state index in [1.165, 1.54) is 0 Å². The van der Waals surface area contributed by atoms with Crippen LogP contribution in [0.5, 0.6) is 0 Å². The number of halogens is 1. The van der Waals surface area contributed by atoms with Gasteiger partial charge in [-0.25, -0.2) is 13.1 Å². The fraction of sp³-hybridized carbons (Fsp3) is 0.200. The highest BCUT2D eigenvalue weighted by molar-refractivity contribution is 9.09. The van der Waals surface area contributed by atoms with Crippen LogP contribution >= 0.6 is 15.9 Å². The average Bonchev–Trinajstić information content (AvgIpc) is 2.48. The Morgan fingerprint density at radius 1 is 1.00 bits per heavy atom. The van der Waals surface area contributed by atoms with Crippen molar-refractivity contribution in [3.63, 3.8) is 0 Å². The molecule has 0 fully saturated rings. The van der Waals surface area contributed by atoms with Crippen LogP contribution in [0.15, 0.2) is 65.6 Å². The lowest BCUT2D eigenvalue weighted by atomic mass is 9.96. The van der Waals surface area contributed by atoms with Gasteiger partial charge in [0.1, 0.15) is 0 Å². The zero-order valence-electron chi connectivity index (χ0n) is 11.1. The summed E-state index contributed by atoms with van der Waals surface area (Å²) in [5.41, 5.74) is 0.215. The summed E-state index contributed by atoms with van der Waals surface area (Å²) in [6.45, 7) is 1.86. The molecule has 0 aliphatic carbocycles. The summed E-state index contributed by atoms with van der Waals surface area (Å²) in [4.78, 5) is 0.267. The number of sulfonamides is 1. The van der Waals surface area contributed by atoms with Crippen molar-refractivity contribution in [2.75, 3.05) is 5.33 Å². The van der Waals surface area contributed by atoms with Crippen LogP contribution < -0.4 is 4.72 Å². The first-order chi connectivity index (χ1) is 9.48. The summed E-state index contributed by atoms with van der Waals surface area (Å²) >= 11 is 3.41. The fourth-order valence-electron chi connectivity index (χ4n) is 1.92. The van der Waals surface area contributed by atoms with E-state index in [1.807, 2.05) is 37.3 Å². The SMILES string of the molecule is C[C@](CBr)(NS(=O)(=O)c1ccccc1)c1ccccc1. The topological polar surface area (TPSA) is 46.2 Å². The van der Waals surface area contributed by atoms with Gasteiger partial charge in [-0.1, -0.05) is 64.5 Å². The van der Waals surface area contributed by atoms with Gasteiger partial charge in [-0.15, -0.1) is 0 Å². The molecule has 0 amide bonds. The number of nitrogens with one attached hydrogen (secondary N) is 1. The summed E-state index contributed by atoms with van der Waals surface area (Å²) in [5.74, 6) is 0. The lowest BCUT2D eigenvalue weighted by molar-refractivity contribution is 0.482. The van der Waals surface area contributed by atoms with E-state index < -0.39 is 15.6 Å². The number of hydrogen-bond donors (Lipinski definition) is 1. The lowest BCUT2D eigenvalue weighted by Crippen LogP contribution is -2.44. The maximum absolute atomic E-state index is 12.4. The number of rotatable bonds is 5. The first-order valence-corrected chi connectivity index (χ1v) is 8.79. The Kier molecular flexibility index (Phi) is 4.62. The van der Waals surface area contributed by atoms with Crippen molar-refractivity contribution in [3.05, 3.63) is 66.2 Å². The molecule has 0 radical (unpaired) electrons. The van der Waals surface area contributed by atoms with Gasteiger partial charge < -0.3 is 0 Å². The molecule has 5 heteroatoms. The molecular formula is C15H16BrNO2S. The molecule has 0 spiro atoms. The van der Waals surface area contributed by atoms with Crippen molar-refractivity contribution < 1.29 is 8.42 Å². The van der Waals surface area contributed by atoms with Crippen molar-refractivity contribution in [2.45, 2.75) is 17.4 Å². The molecule has 0 heterocycles. The highest BCUT2D eigenvalue weighted by Crippen LogP contribution is 2.25. The minimum Gasteiger partial charge on any atom is -0.207 e. The van der Waals surface area contributed by atoms with Crippen LogP contribution in [0.3, 0.4) is 0 Å². The van der Waals surface area contributed by atoms with Crippen molar-refractivity contribution in [1.29, 1.82) is 0 Å². The summed E-state index contributed by atoms with van der Waals surface area (Å²) in [7, 11) is -3.56. The smallest absolute Gasteiger partial charge is 0.207 e. The molecule has 1 N–H and O–H groups in total. The lowest BCUT2D eigenvalue weighted by Gasteiger charge is -2.29. The normalized spacial score (nSPS) is 14.7.